The van der Waals surface area contributed by atoms with Crippen molar-refractivity contribution < 1.29 is 8.63 Å². The van der Waals surface area contributed by atoms with Crippen LogP contribution >= 0.6 is 0 Å². The predicted octanol–water partition coefficient (Wildman–Crippen LogP) is 5.23. The van der Waals surface area contributed by atoms with E-state index in [0.717, 1.165) is 38.8 Å². The second-order valence-corrected chi connectivity index (χ2v) is 8.84. The molecule has 0 aliphatic carbocycles. The highest BCUT2D eigenvalue weighted by molar-refractivity contribution is 7.85. The number of furan rings is 1. The third-order valence-electron chi connectivity index (χ3n) is 3.90. The first-order valence-corrected chi connectivity index (χ1v) is 9.27. The first-order valence-electron chi connectivity index (χ1n) is 8.16. The summed E-state index contributed by atoms with van der Waals surface area (Å²) in [5, 5.41) is 2.05. The van der Waals surface area contributed by atoms with Crippen LogP contribution in [0.4, 0.5) is 0 Å². The summed E-state index contributed by atoms with van der Waals surface area (Å²) in [4.78, 5) is 0. The molecule has 0 aliphatic heterocycles. The standard InChI is InChI=1S/C21H21NO2S/c1-6-7-15-8-10-19-17(12-15)18-13-16(9-11-20(18)24-19)14(2)22-25(23)21(3,4)5/h8-13H,1-5H3/t25-/m1/s1. The van der Waals surface area contributed by atoms with E-state index in [0.29, 0.717) is 0 Å². The largest absolute Gasteiger partial charge is 0.456 e. The molecule has 0 saturated heterocycles. The van der Waals surface area contributed by atoms with Gasteiger partial charge < -0.3 is 4.42 Å². The second kappa shape index (κ2) is 6.50. The molecule has 3 rings (SSSR count). The van der Waals surface area contributed by atoms with Crippen molar-refractivity contribution in [3.05, 3.63) is 47.5 Å². The van der Waals surface area contributed by atoms with E-state index in [-0.39, 0.29) is 4.75 Å². The molecular formula is C21H21NO2S. The highest BCUT2D eigenvalue weighted by Gasteiger charge is 2.19. The van der Waals surface area contributed by atoms with Crippen molar-refractivity contribution >= 4 is 38.6 Å². The molecule has 0 saturated carbocycles. The first-order chi connectivity index (χ1) is 11.8. The van der Waals surface area contributed by atoms with Crippen molar-refractivity contribution in [2.45, 2.75) is 39.4 Å². The minimum absolute atomic E-state index is 0.374. The van der Waals surface area contributed by atoms with Crippen LogP contribution in [0.15, 0.2) is 45.2 Å². The van der Waals surface area contributed by atoms with Crippen molar-refractivity contribution in [2.75, 3.05) is 0 Å². The smallest absolute Gasteiger partial charge is 0.145 e. The Morgan fingerprint density at radius 1 is 1.08 bits per heavy atom. The fourth-order valence-electron chi connectivity index (χ4n) is 2.54. The maximum Gasteiger partial charge on any atom is 0.145 e. The Morgan fingerprint density at radius 2 is 1.72 bits per heavy atom. The number of fused-ring (bicyclic) bond motifs is 3. The Hall–Kier alpha value is -2.38. The number of nitrogens with zero attached hydrogens (tertiary/aromatic N) is 1. The number of hydrogen-bond donors (Lipinski definition) is 0. The summed E-state index contributed by atoms with van der Waals surface area (Å²) in [5.41, 5.74) is 4.32. The van der Waals surface area contributed by atoms with Gasteiger partial charge in [0.2, 0.25) is 0 Å². The summed E-state index contributed by atoms with van der Waals surface area (Å²) in [6, 6.07) is 11.9. The SMILES string of the molecule is CC#Cc1ccc2oc3ccc(C(C)=N[S@](=O)C(C)(C)C)cc3c2c1. The van der Waals surface area contributed by atoms with Gasteiger partial charge in [0, 0.05) is 16.3 Å². The van der Waals surface area contributed by atoms with Gasteiger partial charge in [0.05, 0.1) is 10.5 Å². The molecule has 0 bridgehead atoms. The molecule has 1 heterocycles. The molecule has 0 unspecified atom stereocenters. The van der Waals surface area contributed by atoms with Gasteiger partial charge >= 0.3 is 0 Å². The van der Waals surface area contributed by atoms with E-state index in [1.807, 2.05) is 71.0 Å². The normalized spacial score (nSPS) is 13.7. The summed E-state index contributed by atoms with van der Waals surface area (Å²) >= 11 is 0. The first kappa shape index (κ1) is 17.4. The maximum absolute atomic E-state index is 12.3. The van der Waals surface area contributed by atoms with Crippen LogP contribution in [-0.4, -0.2) is 14.7 Å². The molecule has 3 aromatic rings. The van der Waals surface area contributed by atoms with Gasteiger partial charge in [-0.25, -0.2) is 4.21 Å². The lowest BCUT2D eigenvalue weighted by molar-refractivity contribution is 0.650. The minimum Gasteiger partial charge on any atom is -0.456 e. The monoisotopic (exact) mass is 351 g/mol. The van der Waals surface area contributed by atoms with Crippen LogP contribution < -0.4 is 0 Å². The van der Waals surface area contributed by atoms with E-state index in [9.17, 15) is 4.21 Å². The Kier molecular flexibility index (Phi) is 4.53. The van der Waals surface area contributed by atoms with Crippen LogP contribution in [0, 0.1) is 11.8 Å². The van der Waals surface area contributed by atoms with Gasteiger partial charge in [-0.1, -0.05) is 5.92 Å². The molecule has 0 radical (unpaired) electrons. The van der Waals surface area contributed by atoms with E-state index in [4.69, 9.17) is 4.42 Å². The molecule has 0 spiro atoms. The van der Waals surface area contributed by atoms with E-state index in [1.165, 1.54) is 0 Å². The summed E-state index contributed by atoms with van der Waals surface area (Å²) in [5.74, 6) is 6.00. The average molecular weight is 351 g/mol. The molecule has 1 aromatic heterocycles. The second-order valence-electron chi connectivity index (χ2n) is 6.94. The topological polar surface area (TPSA) is 42.6 Å². The lowest BCUT2D eigenvalue weighted by Gasteiger charge is -2.14. The highest BCUT2D eigenvalue weighted by Crippen LogP contribution is 2.30. The quantitative estimate of drug-likeness (QED) is 0.469. The fraction of sp³-hybridized carbons (Fsp3) is 0.286. The number of benzene rings is 2. The van der Waals surface area contributed by atoms with Crippen LogP contribution in [0.3, 0.4) is 0 Å². The average Bonchev–Trinajstić information content (AvgIpc) is 2.91. The summed E-state index contributed by atoms with van der Waals surface area (Å²) in [6.45, 7) is 9.47. The molecule has 2 aromatic carbocycles. The van der Waals surface area contributed by atoms with E-state index in [2.05, 4.69) is 16.2 Å². The lowest BCUT2D eigenvalue weighted by Crippen LogP contribution is -2.20. The molecule has 0 fully saturated rings. The number of hydrogen-bond acceptors (Lipinski definition) is 2. The zero-order chi connectivity index (χ0) is 18.2. The maximum atomic E-state index is 12.3. The molecule has 128 valence electrons. The van der Waals surface area contributed by atoms with Gasteiger partial charge in [0.15, 0.2) is 0 Å². The Bertz CT molecular complexity index is 1070. The minimum atomic E-state index is -1.28. The zero-order valence-corrected chi connectivity index (χ0v) is 16.0. The van der Waals surface area contributed by atoms with Crippen molar-refractivity contribution in [1.29, 1.82) is 0 Å². The van der Waals surface area contributed by atoms with Crippen LogP contribution in [0.2, 0.25) is 0 Å². The summed E-state index contributed by atoms with van der Waals surface area (Å²) < 4.78 is 22.2. The van der Waals surface area contributed by atoms with Gasteiger partial charge in [-0.2, -0.15) is 4.40 Å². The molecule has 0 amide bonds. The fourth-order valence-corrected chi connectivity index (χ4v) is 3.17. The predicted molar refractivity (Wildman–Crippen MR) is 106 cm³/mol. The van der Waals surface area contributed by atoms with Crippen LogP contribution in [0.5, 0.6) is 0 Å². The highest BCUT2D eigenvalue weighted by atomic mass is 32.2. The summed E-state index contributed by atoms with van der Waals surface area (Å²) in [7, 11) is -1.28. The van der Waals surface area contributed by atoms with Gasteiger partial charge in [0.25, 0.3) is 0 Å². The van der Waals surface area contributed by atoms with Crippen molar-refractivity contribution in [3.63, 3.8) is 0 Å². The molecule has 25 heavy (non-hydrogen) atoms. The Balaban J connectivity index is 2.13. The van der Waals surface area contributed by atoms with Gasteiger partial charge in [0.1, 0.15) is 22.2 Å². The molecule has 3 nitrogen and oxygen atoms in total. The zero-order valence-electron chi connectivity index (χ0n) is 15.1. The number of rotatable bonds is 2. The Morgan fingerprint density at radius 3 is 2.36 bits per heavy atom. The van der Waals surface area contributed by atoms with Crippen molar-refractivity contribution in [2.24, 2.45) is 4.40 Å². The molecule has 4 heteroatoms. The molecule has 0 N–H and O–H groups in total. The van der Waals surface area contributed by atoms with E-state index < -0.39 is 11.0 Å². The lowest BCUT2D eigenvalue weighted by atomic mass is 10.1. The Labute approximate surface area is 150 Å². The third-order valence-corrected chi connectivity index (χ3v) is 5.39. The van der Waals surface area contributed by atoms with Crippen LogP contribution in [0.1, 0.15) is 45.7 Å². The van der Waals surface area contributed by atoms with E-state index in [1.54, 1.807) is 0 Å². The van der Waals surface area contributed by atoms with Crippen LogP contribution in [0.25, 0.3) is 21.9 Å². The van der Waals surface area contributed by atoms with E-state index >= 15 is 0 Å². The van der Waals surface area contributed by atoms with Gasteiger partial charge in [-0.05, 0) is 76.6 Å². The van der Waals surface area contributed by atoms with Crippen molar-refractivity contribution in [3.8, 4) is 11.8 Å². The molecule has 0 aliphatic rings. The van der Waals surface area contributed by atoms with Gasteiger partial charge in [-0.15, -0.1) is 5.92 Å². The van der Waals surface area contributed by atoms with Crippen LogP contribution in [-0.2, 0) is 11.0 Å². The summed E-state index contributed by atoms with van der Waals surface area (Å²) in [6.07, 6.45) is 0. The van der Waals surface area contributed by atoms with Crippen molar-refractivity contribution in [1.82, 2.24) is 0 Å². The third kappa shape index (κ3) is 3.52. The molecular weight excluding hydrogens is 330 g/mol. The van der Waals surface area contributed by atoms with Gasteiger partial charge in [-0.3, -0.25) is 0 Å². The molecule has 1 atom stereocenters.